The van der Waals surface area contributed by atoms with E-state index in [9.17, 15) is 4.79 Å². The normalized spacial score (nSPS) is 20.3. The van der Waals surface area contributed by atoms with Crippen LogP contribution in [0.5, 0.6) is 0 Å². The van der Waals surface area contributed by atoms with E-state index < -0.39 is 11.7 Å². The first-order valence-electron chi connectivity index (χ1n) is 6.14. The lowest BCUT2D eigenvalue weighted by Crippen LogP contribution is -2.57. The molecular formula is C12H24N2O3. The van der Waals surface area contributed by atoms with Crippen LogP contribution in [-0.4, -0.2) is 35.0 Å². The van der Waals surface area contributed by atoms with E-state index in [1.54, 1.807) is 0 Å². The van der Waals surface area contributed by atoms with Gasteiger partial charge in [-0.15, -0.1) is 0 Å². The lowest BCUT2D eigenvalue weighted by atomic mass is 9.73. The molecule has 5 nitrogen and oxygen atoms in total. The van der Waals surface area contributed by atoms with Gasteiger partial charge >= 0.3 is 6.09 Å². The second kappa shape index (κ2) is 5.23. The summed E-state index contributed by atoms with van der Waals surface area (Å²) in [4.78, 5) is 11.7. The van der Waals surface area contributed by atoms with Crippen molar-refractivity contribution in [3.8, 4) is 0 Å². The first-order chi connectivity index (χ1) is 7.76. The van der Waals surface area contributed by atoms with E-state index in [1.807, 2.05) is 20.8 Å². The van der Waals surface area contributed by atoms with E-state index >= 15 is 0 Å². The summed E-state index contributed by atoms with van der Waals surface area (Å²) in [5, 5.41) is 11.9. The van der Waals surface area contributed by atoms with Crippen molar-refractivity contribution in [2.24, 2.45) is 5.73 Å². The molecule has 0 bridgehead atoms. The Balaban J connectivity index is 2.49. The summed E-state index contributed by atoms with van der Waals surface area (Å²) in [5.41, 5.74) is 4.96. The standard InChI is InChI=1S/C12H24N2O3/c1-11(2,3)17-10(16)14-12(5-4-6-12)7-9(13)8-15/h9,15H,4-8,13H2,1-3H3,(H,14,16). The summed E-state index contributed by atoms with van der Waals surface area (Å²) in [6.45, 7) is 5.44. The zero-order chi connectivity index (χ0) is 13.1. The molecule has 1 aliphatic rings. The van der Waals surface area contributed by atoms with Crippen molar-refractivity contribution in [3.63, 3.8) is 0 Å². The minimum absolute atomic E-state index is 0.0578. The molecule has 0 aliphatic heterocycles. The smallest absolute Gasteiger partial charge is 0.408 e. The number of hydrogen-bond donors (Lipinski definition) is 3. The Labute approximate surface area is 103 Å². The Morgan fingerprint density at radius 2 is 2.12 bits per heavy atom. The fourth-order valence-corrected chi connectivity index (χ4v) is 2.07. The fraction of sp³-hybridized carbons (Fsp3) is 0.917. The van der Waals surface area contributed by atoms with Gasteiger partial charge in [-0.2, -0.15) is 0 Å². The maximum atomic E-state index is 11.7. The number of hydrogen-bond acceptors (Lipinski definition) is 4. The summed E-state index contributed by atoms with van der Waals surface area (Å²) in [6, 6.07) is -0.287. The second-order valence-corrected chi connectivity index (χ2v) is 5.91. The number of nitrogens with two attached hydrogens (primary N) is 1. The molecule has 1 atom stereocenters. The van der Waals surface area contributed by atoms with Gasteiger partial charge in [0.2, 0.25) is 0 Å². The van der Waals surface area contributed by atoms with Gasteiger partial charge in [-0.1, -0.05) is 0 Å². The van der Waals surface area contributed by atoms with E-state index in [1.165, 1.54) is 0 Å². The van der Waals surface area contributed by atoms with Crippen LogP contribution in [0.25, 0.3) is 0 Å². The number of rotatable bonds is 4. The largest absolute Gasteiger partial charge is 0.444 e. The van der Waals surface area contributed by atoms with Crippen LogP contribution < -0.4 is 11.1 Å². The average molecular weight is 244 g/mol. The van der Waals surface area contributed by atoms with E-state index in [0.717, 1.165) is 19.3 Å². The average Bonchev–Trinajstić information content (AvgIpc) is 2.10. The third kappa shape index (κ3) is 4.52. The summed E-state index contributed by atoms with van der Waals surface area (Å²) in [6.07, 6.45) is 3.08. The third-order valence-electron chi connectivity index (χ3n) is 2.96. The molecule has 0 aromatic heterocycles. The molecule has 0 aromatic carbocycles. The van der Waals surface area contributed by atoms with Gasteiger partial charge in [-0.25, -0.2) is 4.79 Å². The molecule has 0 saturated heterocycles. The fourth-order valence-electron chi connectivity index (χ4n) is 2.07. The maximum Gasteiger partial charge on any atom is 0.408 e. The summed E-state index contributed by atoms with van der Waals surface area (Å²) < 4.78 is 5.23. The van der Waals surface area contributed by atoms with Gasteiger partial charge in [0.25, 0.3) is 0 Å². The van der Waals surface area contributed by atoms with Crippen LogP contribution in [0, 0.1) is 0 Å². The molecule has 0 heterocycles. The Morgan fingerprint density at radius 3 is 2.47 bits per heavy atom. The topological polar surface area (TPSA) is 84.6 Å². The molecule has 1 saturated carbocycles. The highest BCUT2D eigenvalue weighted by atomic mass is 16.6. The molecule has 1 amide bonds. The number of carbonyl (C=O) groups excluding carboxylic acids is 1. The number of carbonyl (C=O) groups is 1. The third-order valence-corrected chi connectivity index (χ3v) is 2.96. The van der Waals surface area contributed by atoms with Crippen LogP contribution >= 0.6 is 0 Å². The quantitative estimate of drug-likeness (QED) is 0.692. The summed E-state index contributed by atoms with van der Waals surface area (Å²) >= 11 is 0. The van der Waals surface area contributed by atoms with Crippen LogP contribution in [0.3, 0.4) is 0 Å². The predicted molar refractivity (Wildman–Crippen MR) is 65.6 cm³/mol. The highest BCUT2D eigenvalue weighted by Crippen LogP contribution is 2.35. The first-order valence-corrected chi connectivity index (χ1v) is 6.14. The van der Waals surface area contributed by atoms with E-state index in [-0.39, 0.29) is 18.2 Å². The summed E-state index contributed by atoms with van der Waals surface area (Å²) in [7, 11) is 0. The Hall–Kier alpha value is -0.810. The predicted octanol–water partition coefficient (Wildman–Crippen LogP) is 1.14. The molecule has 5 heteroatoms. The molecule has 0 spiro atoms. The van der Waals surface area contributed by atoms with Crippen LogP contribution in [0.2, 0.25) is 0 Å². The Morgan fingerprint density at radius 1 is 1.53 bits per heavy atom. The Bertz CT molecular complexity index is 269. The first kappa shape index (κ1) is 14.3. The molecule has 1 aliphatic carbocycles. The Kier molecular flexibility index (Phi) is 4.38. The van der Waals surface area contributed by atoms with Crippen molar-refractivity contribution in [2.45, 2.75) is 63.6 Å². The van der Waals surface area contributed by atoms with Crippen molar-refractivity contribution < 1.29 is 14.6 Å². The number of aliphatic hydroxyl groups is 1. The number of alkyl carbamates (subject to hydrolysis) is 1. The van der Waals surface area contributed by atoms with Crippen molar-refractivity contribution in [1.29, 1.82) is 0 Å². The van der Waals surface area contributed by atoms with E-state index in [4.69, 9.17) is 15.6 Å². The molecule has 0 radical (unpaired) electrons. The maximum absolute atomic E-state index is 11.7. The highest BCUT2D eigenvalue weighted by molar-refractivity contribution is 5.69. The lowest BCUT2D eigenvalue weighted by molar-refractivity contribution is 0.0350. The SMILES string of the molecule is CC(C)(C)OC(=O)NC1(CC(N)CO)CCC1. The molecule has 1 unspecified atom stereocenters. The number of nitrogens with one attached hydrogen (secondary N) is 1. The van der Waals surface area contributed by atoms with Gasteiger partial charge in [-0.3, -0.25) is 0 Å². The van der Waals surface area contributed by atoms with Crippen LogP contribution in [0.1, 0.15) is 46.5 Å². The van der Waals surface area contributed by atoms with Gasteiger partial charge in [0.1, 0.15) is 5.60 Å². The van der Waals surface area contributed by atoms with Gasteiger partial charge in [0.05, 0.1) is 6.61 Å². The van der Waals surface area contributed by atoms with Gasteiger partial charge in [0.15, 0.2) is 0 Å². The highest BCUT2D eigenvalue weighted by Gasteiger charge is 2.40. The van der Waals surface area contributed by atoms with E-state index in [2.05, 4.69) is 5.32 Å². The number of ether oxygens (including phenoxy) is 1. The van der Waals surface area contributed by atoms with Crippen molar-refractivity contribution >= 4 is 6.09 Å². The van der Waals surface area contributed by atoms with E-state index in [0.29, 0.717) is 6.42 Å². The van der Waals surface area contributed by atoms with Gasteiger partial charge in [-0.05, 0) is 46.5 Å². The zero-order valence-corrected chi connectivity index (χ0v) is 11.0. The minimum Gasteiger partial charge on any atom is -0.444 e. The monoisotopic (exact) mass is 244 g/mol. The van der Waals surface area contributed by atoms with Gasteiger partial charge in [0, 0.05) is 11.6 Å². The molecular weight excluding hydrogens is 220 g/mol. The molecule has 1 fully saturated rings. The second-order valence-electron chi connectivity index (χ2n) is 5.91. The van der Waals surface area contributed by atoms with Crippen molar-refractivity contribution in [2.75, 3.05) is 6.61 Å². The molecule has 17 heavy (non-hydrogen) atoms. The zero-order valence-electron chi connectivity index (χ0n) is 11.0. The lowest BCUT2D eigenvalue weighted by Gasteiger charge is -2.44. The number of amides is 1. The molecule has 4 N–H and O–H groups in total. The van der Waals surface area contributed by atoms with Crippen LogP contribution in [-0.2, 0) is 4.74 Å². The minimum atomic E-state index is -0.492. The van der Waals surface area contributed by atoms with Crippen LogP contribution in [0.15, 0.2) is 0 Å². The summed E-state index contributed by atoms with van der Waals surface area (Å²) in [5.74, 6) is 0. The van der Waals surface area contributed by atoms with Crippen LogP contribution in [0.4, 0.5) is 4.79 Å². The van der Waals surface area contributed by atoms with Gasteiger partial charge < -0.3 is 20.9 Å². The molecule has 0 aromatic rings. The van der Waals surface area contributed by atoms with Crippen molar-refractivity contribution in [1.82, 2.24) is 5.32 Å². The number of aliphatic hydroxyl groups excluding tert-OH is 1. The molecule has 100 valence electrons. The molecule has 1 rings (SSSR count). The van der Waals surface area contributed by atoms with Crippen molar-refractivity contribution in [3.05, 3.63) is 0 Å².